The van der Waals surface area contributed by atoms with E-state index in [4.69, 9.17) is 4.74 Å². The Morgan fingerprint density at radius 3 is 2.71 bits per heavy atom. The first kappa shape index (κ1) is 15.8. The minimum atomic E-state index is -0.219. The Balaban J connectivity index is 1.58. The van der Waals surface area contributed by atoms with E-state index in [1.165, 1.54) is 32.1 Å². The molecule has 1 aromatic rings. The van der Waals surface area contributed by atoms with Gasteiger partial charge in [-0.15, -0.1) is 0 Å². The fourth-order valence-electron chi connectivity index (χ4n) is 2.69. The SMILES string of the molecule is Cc1[nH][nH]c(=O)c1CC(=O)NCCCOC1CCCCC1. The van der Waals surface area contributed by atoms with Crippen molar-refractivity contribution in [2.45, 2.75) is 58.0 Å². The van der Waals surface area contributed by atoms with Gasteiger partial charge in [0, 0.05) is 24.4 Å². The number of carbonyl (C=O) groups is 1. The van der Waals surface area contributed by atoms with Crippen LogP contribution in [0, 0.1) is 6.92 Å². The minimum absolute atomic E-state index is 0.119. The lowest BCUT2D eigenvalue weighted by Crippen LogP contribution is -2.29. The lowest BCUT2D eigenvalue weighted by atomic mass is 9.98. The van der Waals surface area contributed by atoms with Crippen molar-refractivity contribution in [1.82, 2.24) is 15.5 Å². The van der Waals surface area contributed by atoms with Crippen LogP contribution in [0.1, 0.15) is 49.8 Å². The van der Waals surface area contributed by atoms with Crippen LogP contribution in [0.25, 0.3) is 0 Å². The fourth-order valence-corrected chi connectivity index (χ4v) is 2.69. The molecule has 0 atom stereocenters. The van der Waals surface area contributed by atoms with Gasteiger partial charge in [-0.3, -0.25) is 14.7 Å². The number of aryl methyl sites for hydroxylation is 1. The molecule has 1 heterocycles. The third-order valence-corrected chi connectivity index (χ3v) is 3.98. The van der Waals surface area contributed by atoms with Gasteiger partial charge in [-0.05, 0) is 26.2 Å². The van der Waals surface area contributed by atoms with E-state index in [1.54, 1.807) is 6.92 Å². The van der Waals surface area contributed by atoms with Crippen molar-refractivity contribution in [1.29, 1.82) is 0 Å². The van der Waals surface area contributed by atoms with E-state index >= 15 is 0 Å². The molecule has 0 spiro atoms. The molecule has 118 valence electrons. The number of aromatic amines is 2. The lowest BCUT2D eigenvalue weighted by molar-refractivity contribution is -0.120. The highest BCUT2D eigenvalue weighted by Gasteiger charge is 2.13. The molecular weight excluding hydrogens is 270 g/mol. The van der Waals surface area contributed by atoms with Crippen LogP contribution in [0.15, 0.2) is 4.79 Å². The van der Waals surface area contributed by atoms with Crippen LogP contribution < -0.4 is 10.9 Å². The second-order valence-electron chi connectivity index (χ2n) is 5.69. The van der Waals surface area contributed by atoms with Gasteiger partial charge in [0.1, 0.15) is 0 Å². The van der Waals surface area contributed by atoms with E-state index in [0.717, 1.165) is 12.1 Å². The number of hydrogen-bond donors (Lipinski definition) is 3. The summed E-state index contributed by atoms with van der Waals surface area (Å²) in [5, 5.41) is 8.02. The Bertz CT molecular complexity index is 501. The van der Waals surface area contributed by atoms with Crippen LogP contribution >= 0.6 is 0 Å². The zero-order valence-electron chi connectivity index (χ0n) is 12.7. The van der Waals surface area contributed by atoms with Crippen molar-refractivity contribution in [3.8, 4) is 0 Å². The zero-order chi connectivity index (χ0) is 15.1. The first-order valence-corrected chi connectivity index (χ1v) is 7.81. The molecule has 0 aliphatic heterocycles. The predicted octanol–water partition coefficient (Wildman–Crippen LogP) is 1.41. The molecule has 1 aliphatic rings. The number of rotatable bonds is 7. The van der Waals surface area contributed by atoms with Crippen LogP contribution in [0.5, 0.6) is 0 Å². The molecule has 0 bridgehead atoms. The summed E-state index contributed by atoms with van der Waals surface area (Å²) < 4.78 is 5.80. The quantitative estimate of drug-likeness (QED) is 0.665. The highest BCUT2D eigenvalue weighted by atomic mass is 16.5. The Labute approximate surface area is 124 Å². The minimum Gasteiger partial charge on any atom is -0.378 e. The highest BCUT2D eigenvalue weighted by molar-refractivity contribution is 5.78. The molecule has 21 heavy (non-hydrogen) atoms. The zero-order valence-corrected chi connectivity index (χ0v) is 12.7. The summed E-state index contributed by atoms with van der Waals surface area (Å²) in [5.74, 6) is -0.124. The smallest absolute Gasteiger partial charge is 0.267 e. The molecule has 6 heteroatoms. The standard InChI is InChI=1S/C15H25N3O3/c1-11-13(15(20)18-17-11)10-14(19)16-8-5-9-21-12-6-3-2-4-7-12/h12H,2-10H2,1H3,(H,16,19)(H2,17,18,20). The summed E-state index contributed by atoms with van der Waals surface area (Å²) in [5.41, 5.74) is 1.00. The van der Waals surface area contributed by atoms with E-state index < -0.39 is 0 Å². The van der Waals surface area contributed by atoms with Gasteiger partial charge in [-0.1, -0.05) is 19.3 Å². The molecule has 0 saturated heterocycles. The molecule has 0 radical (unpaired) electrons. The van der Waals surface area contributed by atoms with Gasteiger partial charge in [0.25, 0.3) is 5.56 Å². The summed E-state index contributed by atoms with van der Waals surface area (Å²) in [4.78, 5) is 23.2. The molecule has 1 aromatic heterocycles. The van der Waals surface area contributed by atoms with Gasteiger partial charge in [0.2, 0.25) is 5.91 Å². The van der Waals surface area contributed by atoms with Crippen molar-refractivity contribution in [2.24, 2.45) is 0 Å². The van der Waals surface area contributed by atoms with Gasteiger partial charge >= 0.3 is 0 Å². The van der Waals surface area contributed by atoms with Crippen LogP contribution in [-0.4, -0.2) is 35.4 Å². The molecule has 1 saturated carbocycles. The van der Waals surface area contributed by atoms with E-state index in [0.29, 0.717) is 24.8 Å². The Morgan fingerprint density at radius 2 is 2.05 bits per heavy atom. The number of H-pyrrole nitrogens is 2. The second kappa shape index (κ2) is 8.02. The first-order chi connectivity index (χ1) is 10.2. The Hall–Kier alpha value is -1.56. The van der Waals surface area contributed by atoms with E-state index in [9.17, 15) is 9.59 Å². The van der Waals surface area contributed by atoms with Gasteiger partial charge < -0.3 is 15.2 Å². The average molecular weight is 295 g/mol. The van der Waals surface area contributed by atoms with Crippen molar-refractivity contribution in [3.05, 3.63) is 21.6 Å². The second-order valence-corrected chi connectivity index (χ2v) is 5.69. The normalized spacial score (nSPS) is 16.0. The van der Waals surface area contributed by atoms with E-state index in [-0.39, 0.29) is 17.9 Å². The average Bonchev–Trinajstić information content (AvgIpc) is 2.80. The fraction of sp³-hybridized carbons (Fsp3) is 0.733. The van der Waals surface area contributed by atoms with Gasteiger partial charge in [-0.25, -0.2) is 0 Å². The molecule has 0 aromatic carbocycles. The molecule has 6 nitrogen and oxygen atoms in total. The number of aromatic nitrogens is 2. The van der Waals surface area contributed by atoms with Gasteiger partial charge in [0.15, 0.2) is 0 Å². The number of amides is 1. The number of nitrogens with one attached hydrogen (secondary N) is 3. The summed E-state index contributed by atoms with van der Waals surface area (Å²) in [6.07, 6.45) is 7.55. The van der Waals surface area contributed by atoms with Crippen LogP contribution in [0.3, 0.4) is 0 Å². The number of carbonyl (C=O) groups excluding carboxylic acids is 1. The summed E-state index contributed by atoms with van der Waals surface area (Å²) in [6.45, 7) is 3.06. The van der Waals surface area contributed by atoms with Crippen LogP contribution in [0.4, 0.5) is 0 Å². The van der Waals surface area contributed by atoms with Crippen molar-refractivity contribution >= 4 is 5.91 Å². The van der Waals surface area contributed by atoms with Crippen LogP contribution in [0.2, 0.25) is 0 Å². The highest BCUT2D eigenvalue weighted by Crippen LogP contribution is 2.20. The molecule has 1 fully saturated rings. The maximum absolute atomic E-state index is 11.8. The van der Waals surface area contributed by atoms with Crippen LogP contribution in [-0.2, 0) is 16.0 Å². The van der Waals surface area contributed by atoms with Gasteiger partial charge in [-0.2, -0.15) is 0 Å². The first-order valence-electron chi connectivity index (χ1n) is 7.81. The van der Waals surface area contributed by atoms with Gasteiger partial charge in [0.05, 0.1) is 12.5 Å². The monoisotopic (exact) mass is 295 g/mol. The van der Waals surface area contributed by atoms with Crippen molar-refractivity contribution < 1.29 is 9.53 Å². The molecule has 0 unspecified atom stereocenters. The topological polar surface area (TPSA) is 87.0 Å². The maximum atomic E-state index is 11.8. The molecule has 1 amide bonds. The maximum Gasteiger partial charge on any atom is 0.267 e. The largest absolute Gasteiger partial charge is 0.378 e. The summed E-state index contributed by atoms with van der Waals surface area (Å²) in [7, 11) is 0. The third-order valence-electron chi connectivity index (χ3n) is 3.98. The summed E-state index contributed by atoms with van der Waals surface area (Å²) >= 11 is 0. The van der Waals surface area contributed by atoms with E-state index in [1.807, 2.05) is 0 Å². The number of ether oxygens (including phenoxy) is 1. The molecule has 3 N–H and O–H groups in total. The summed E-state index contributed by atoms with van der Waals surface area (Å²) in [6, 6.07) is 0. The predicted molar refractivity (Wildman–Crippen MR) is 80.3 cm³/mol. The number of hydrogen-bond acceptors (Lipinski definition) is 3. The Kier molecular flexibility index (Phi) is 6.04. The van der Waals surface area contributed by atoms with Crippen molar-refractivity contribution in [2.75, 3.05) is 13.2 Å². The van der Waals surface area contributed by atoms with E-state index in [2.05, 4.69) is 15.5 Å². The van der Waals surface area contributed by atoms with Crippen molar-refractivity contribution in [3.63, 3.8) is 0 Å². The molecule has 1 aliphatic carbocycles. The third kappa shape index (κ3) is 5.04. The lowest BCUT2D eigenvalue weighted by Gasteiger charge is -2.21. The molecular formula is C15H25N3O3. The molecule has 2 rings (SSSR count). The Morgan fingerprint density at radius 1 is 1.29 bits per heavy atom.